The van der Waals surface area contributed by atoms with Crippen LogP contribution in [0.5, 0.6) is 5.75 Å². The van der Waals surface area contributed by atoms with E-state index in [0.29, 0.717) is 25.3 Å². The third kappa shape index (κ3) is 4.00. The van der Waals surface area contributed by atoms with Crippen LogP contribution in [-0.4, -0.2) is 35.2 Å². The number of hydrogen-bond acceptors (Lipinski definition) is 4. The molecule has 1 fully saturated rings. The summed E-state index contributed by atoms with van der Waals surface area (Å²) in [4.78, 5) is 18.9. The highest BCUT2D eigenvalue weighted by Gasteiger charge is 2.32. The summed E-state index contributed by atoms with van der Waals surface area (Å²) in [5, 5.41) is 3.24. The molecule has 6 nitrogen and oxygen atoms in total. The Morgan fingerprint density at radius 2 is 2.14 bits per heavy atom. The van der Waals surface area contributed by atoms with Gasteiger partial charge in [0.1, 0.15) is 11.6 Å². The highest BCUT2D eigenvalue weighted by atomic mass is 19.1. The summed E-state index contributed by atoms with van der Waals surface area (Å²) in [5.41, 5.74) is 3.39. The van der Waals surface area contributed by atoms with Crippen LogP contribution in [0.25, 0.3) is 5.69 Å². The molecule has 0 radical (unpaired) electrons. The fourth-order valence-corrected chi connectivity index (χ4v) is 3.61. The van der Waals surface area contributed by atoms with Gasteiger partial charge in [-0.25, -0.2) is 9.37 Å². The Morgan fingerprint density at radius 3 is 2.86 bits per heavy atom. The number of aryl methyl sites for hydroxylation is 1. The molecule has 2 aromatic carbocycles. The van der Waals surface area contributed by atoms with Crippen LogP contribution in [0.15, 0.2) is 55.0 Å². The Bertz CT molecular complexity index is 1030. The molecule has 1 atom stereocenters. The lowest BCUT2D eigenvalue weighted by Crippen LogP contribution is -2.38. The number of methoxy groups -OCH3 is 1. The maximum Gasteiger partial charge on any atom is 0.244 e. The SMILES string of the molecule is COc1cc(N2CCC(NCc3cccc(F)c3)C2=O)ccc1-n1cnc(C)c1. The first-order chi connectivity index (χ1) is 14.0. The molecular formula is C22H23FN4O2. The third-order valence-corrected chi connectivity index (χ3v) is 5.11. The van der Waals surface area contributed by atoms with Crippen molar-refractivity contribution in [1.82, 2.24) is 14.9 Å². The van der Waals surface area contributed by atoms with Crippen molar-refractivity contribution >= 4 is 11.6 Å². The van der Waals surface area contributed by atoms with Crippen molar-refractivity contribution in [3.8, 4) is 11.4 Å². The number of halogens is 1. The van der Waals surface area contributed by atoms with Crippen molar-refractivity contribution in [1.29, 1.82) is 0 Å². The summed E-state index contributed by atoms with van der Waals surface area (Å²) in [6.45, 7) is 2.99. The number of carbonyl (C=O) groups is 1. The largest absolute Gasteiger partial charge is 0.494 e. The van der Waals surface area contributed by atoms with E-state index in [0.717, 1.165) is 22.6 Å². The average Bonchev–Trinajstić information content (AvgIpc) is 3.31. The maximum atomic E-state index is 13.3. The maximum absolute atomic E-state index is 13.3. The molecule has 1 saturated heterocycles. The minimum absolute atomic E-state index is 0.00896. The van der Waals surface area contributed by atoms with Crippen LogP contribution in [-0.2, 0) is 11.3 Å². The lowest BCUT2D eigenvalue weighted by molar-refractivity contribution is -0.118. The van der Waals surface area contributed by atoms with Crippen LogP contribution >= 0.6 is 0 Å². The van der Waals surface area contributed by atoms with E-state index < -0.39 is 0 Å². The fraction of sp³-hybridized carbons (Fsp3) is 0.273. The molecule has 1 aromatic heterocycles. The number of rotatable bonds is 6. The van der Waals surface area contributed by atoms with Gasteiger partial charge in [-0.3, -0.25) is 4.79 Å². The zero-order valence-corrected chi connectivity index (χ0v) is 16.4. The molecule has 3 aromatic rings. The van der Waals surface area contributed by atoms with Gasteiger partial charge in [-0.1, -0.05) is 12.1 Å². The number of nitrogens with one attached hydrogen (secondary N) is 1. The Hall–Kier alpha value is -3.19. The van der Waals surface area contributed by atoms with Gasteiger partial charge in [0, 0.05) is 31.0 Å². The molecule has 1 aliphatic rings. The van der Waals surface area contributed by atoms with Crippen LogP contribution in [0.4, 0.5) is 10.1 Å². The number of imidazole rings is 1. The van der Waals surface area contributed by atoms with E-state index in [2.05, 4.69) is 10.3 Å². The number of aromatic nitrogens is 2. The molecule has 0 aliphatic carbocycles. The normalized spacial score (nSPS) is 16.4. The summed E-state index contributed by atoms with van der Waals surface area (Å²) < 4.78 is 20.8. The second-order valence-electron chi connectivity index (χ2n) is 7.12. The van der Waals surface area contributed by atoms with Crippen molar-refractivity contribution in [3.05, 3.63) is 72.1 Å². The molecule has 1 unspecified atom stereocenters. The number of amides is 1. The molecule has 0 bridgehead atoms. The summed E-state index contributed by atoms with van der Waals surface area (Å²) in [5.74, 6) is 0.405. The molecule has 0 spiro atoms. The number of hydrogen-bond donors (Lipinski definition) is 1. The molecule has 1 aliphatic heterocycles. The van der Waals surface area contributed by atoms with Gasteiger partial charge in [0.05, 0.1) is 30.9 Å². The quantitative estimate of drug-likeness (QED) is 0.697. The highest BCUT2D eigenvalue weighted by molar-refractivity contribution is 5.99. The van der Waals surface area contributed by atoms with Crippen molar-refractivity contribution in [2.24, 2.45) is 0 Å². The Kier molecular flexibility index (Phi) is 5.31. The molecule has 150 valence electrons. The van der Waals surface area contributed by atoms with Gasteiger partial charge in [0.25, 0.3) is 0 Å². The monoisotopic (exact) mass is 394 g/mol. The van der Waals surface area contributed by atoms with Gasteiger partial charge in [0.2, 0.25) is 5.91 Å². The number of carbonyl (C=O) groups excluding carboxylic acids is 1. The van der Waals surface area contributed by atoms with E-state index in [1.54, 1.807) is 24.4 Å². The standard InChI is InChI=1S/C22H23FN4O2/c1-15-13-26(14-25-15)20-7-6-18(11-21(20)29-2)27-9-8-19(22(27)28)24-12-16-4-3-5-17(23)10-16/h3-7,10-11,13-14,19,24H,8-9,12H2,1-2H3. The van der Waals surface area contributed by atoms with E-state index in [1.165, 1.54) is 12.1 Å². The van der Waals surface area contributed by atoms with Crippen LogP contribution in [0.1, 0.15) is 17.7 Å². The van der Waals surface area contributed by atoms with E-state index in [1.807, 2.05) is 42.0 Å². The smallest absolute Gasteiger partial charge is 0.244 e. The van der Waals surface area contributed by atoms with E-state index in [4.69, 9.17) is 4.74 Å². The second kappa shape index (κ2) is 8.05. The molecule has 7 heteroatoms. The van der Waals surface area contributed by atoms with Gasteiger partial charge >= 0.3 is 0 Å². The molecule has 2 heterocycles. The van der Waals surface area contributed by atoms with E-state index in [-0.39, 0.29) is 17.8 Å². The van der Waals surface area contributed by atoms with Crippen molar-refractivity contribution in [2.45, 2.75) is 25.9 Å². The predicted octanol–water partition coefficient (Wildman–Crippen LogP) is 3.22. The molecule has 4 rings (SSSR count). The molecule has 1 amide bonds. The zero-order valence-electron chi connectivity index (χ0n) is 16.4. The topological polar surface area (TPSA) is 59.4 Å². The van der Waals surface area contributed by atoms with Crippen LogP contribution < -0.4 is 15.0 Å². The molecule has 0 saturated carbocycles. The zero-order chi connectivity index (χ0) is 20.4. The van der Waals surface area contributed by atoms with E-state index >= 15 is 0 Å². The lowest BCUT2D eigenvalue weighted by Gasteiger charge is -2.19. The Balaban J connectivity index is 1.48. The van der Waals surface area contributed by atoms with Gasteiger partial charge in [-0.05, 0) is 43.2 Å². The number of anilines is 1. The summed E-state index contributed by atoms with van der Waals surface area (Å²) >= 11 is 0. The van der Waals surface area contributed by atoms with Crippen molar-refractivity contribution in [3.63, 3.8) is 0 Å². The van der Waals surface area contributed by atoms with Crippen LogP contribution in [0.2, 0.25) is 0 Å². The predicted molar refractivity (Wildman–Crippen MR) is 109 cm³/mol. The van der Waals surface area contributed by atoms with Crippen molar-refractivity contribution in [2.75, 3.05) is 18.6 Å². The second-order valence-corrected chi connectivity index (χ2v) is 7.12. The number of ether oxygens (including phenoxy) is 1. The summed E-state index contributed by atoms with van der Waals surface area (Å²) in [6, 6.07) is 11.8. The molecular weight excluding hydrogens is 371 g/mol. The third-order valence-electron chi connectivity index (χ3n) is 5.11. The summed E-state index contributed by atoms with van der Waals surface area (Å²) in [6.07, 6.45) is 4.35. The average molecular weight is 394 g/mol. The summed E-state index contributed by atoms with van der Waals surface area (Å²) in [7, 11) is 1.61. The Morgan fingerprint density at radius 1 is 1.28 bits per heavy atom. The van der Waals surface area contributed by atoms with Gasteiger partial charge in [-0.15, -0.1) is 0 Å². The van der Waals surface area contributed by atoms with Crippen molar-refractivity contribution < 1.29 is 13.9 Å². The first-order valence-corrected chi connectivity index (χ1v) is 9.53. The van der Waals surface area contributed by atoms with Crippen LogP contribution in [0, 0.1) is 12.7 Å². The van der Waals surface area contributed by atoms with Gasteiger partial charge in [0.15, 0.2) is 0 Å². The van der Waals surface area contributed by atoms with Gasteiger partial charge in [-0.2, -0.15) is 0 Å². The molecule has 29 heavy (non-hydrogen) atoms. The Labute approximate surface area is 168 Å². The van der Waals surface area contributed by atoms with E-state index in [9.17, 15) is 9.18 Å². The molecule has 1 N–H and O–H groups in total. The number of nitrogens with zero attached hydrogens (tertiary/aromatic N) is 3. The van der Waals surface area contributed by atoms with Gasteiger partial charge < -0.3 is 19.5 Å². The first-order valence-electron chi connectivity index (χ1n) is 9.53. The fourth-order valence-electron chi connectivity index (χ4n) is 3.61. The minimum atomic E-state index is -0.291. The minimum Gasteiger partial charge on any atom is -0.494 e. The van der Waals surface area contributed by atoms with Crippen LogP contribution in [0.3, 0.4) is 0 Å². The highest BCUT2D eigenvalue weighted by Crippen LogP contribution is 2.31. The first kappa shape index (κ1) is 19.1. The lowest BCUT2D eigenvalue weighted by atomic mass is 10.2. The number of benzene rings is 2.